The van der Waals surface area contributed by atoms with E-state index in [4.69, 9.17) is 9.47 Å². The molecular weight excluding hydrogens is 364 g/mol. The molecule has 1 amide bonds. The van der Waals surface area contributed by atoms with E-state index in [0.717, 1.165) is 41.3 Å². The highest BCUT2D eigenvalue weighted by Crippen LogP contribution is 2.31. The molecule has 3 aromatic rings. The number of amides is 1. The van der Waals surface area contributed by atoms with Gasteiger partial charge in [-0.3, -0.25) is 9.78 Å². The summed E-state index contributed by atoms with van der Waals surface area (Å²) in [6, 6.07) is 9.08. The number of fused-ring (bicyclic) bond motifs is 1. The Morgan fingerprint density at radius 1 is 1.33 bits per heavy atom. The fourth-order valence-electron chi connectivity index (χ4n) is 2.91. The first-order valence-corrected chi connectivity index (χ1v) is 9.65. The first-order chi connectivity index (χ1) is 13.2. The molecule has 1 aliphatic heterocycles. The van der Waals surface area contributed by atoms with Gasteiger partial charge < -0.3 is 20.1 Å². The number of pyridine rings is 1. The van der Waals surface area contributed by atoms with Gasteiger partial charge in [0.15, 0.2) is 5.13 Å². The zero-order valence-electron chi connectivity index (χ0n) is 14.9. The lowest BCUT2D eigenvalue weighted by Gasteiger charge is -2.08. The summed E-state index contributed by atoms with van der Waals surface area (Å²) in [6.45, 7) is 1.63. The highest BCUT2D eigenvalue weighted by atomic mass is 32.1. The van der Waals surface area contributed by atoms with E-state index in [9.17, 15) is 4.79 Å². The van der Waals surface area contributed by atoms with Crippen LogP contribution in [-0.4, -0.2) is 42.2 Å². The normalized spacial score (nSPS) is 16.4. The molecule has 1 aromatic carbocycles. The predicted molar refractivity (Wildman–Crippen MR) is 105 cm³/mol. The molecule has 7 nitrogen and oxygen atoms in total. The van der Waals surface area contributed by atoms with E-state index >= 15 is 0 Å². The first kappa shape index (κ1) is 17.7. The Labute approximate surface area is 160 Å². The molecule has 0 bridgehead atoms. The van der Waals surface area contributed by atoms with Crippen LogP contribution in [-0.2, 0) is 4.74 Å². The van der Waals surface area contributed by atoms with Crippen molar-refractivity contribution in [3.05, 3.63) is 42.2 Å². The lowest BCUT2D eigenvalue weighted by molar-refractivity contribution is 0.0958. The molecule has 1 saturated heterocycles. The molecule has 4 rings (SSSR count). The maximum Gasteiger partial charge on any atom is 0.269 e. The molecule has 0 radical (unpaired) electrons. The lowest BCUT2D eigenvalue weighted by Crippen LogP contribution is -2.18. The molecule has 2 aromatic heterocycles. The average molecular weight is 384 g/mol. The van der Waals surface area contributed by atoms with Gasteiger partial charge in [0.1, 0.15) is 17.2 Å². The standard InChI is InChI=1S/C19H20N4O3S/c1-20-18(24)16-9-13(6-7-21-16)26-12-4-5-15-17(10-12)27-19(23-15)22-11-14-3-2-8-25-14/h4-7,9-10,14H,2-3,8,11H2,1H3,(H,20,24)(H,22,23). The van der Waals surface area contributed by atoms with Crippen LogP contribution >= 0.6 is 11.3 Å². The van der Waals surface area contributed by atoms with E-state index in [2.05, 4.69) is 20.6 Å². The van der Waals surface area contributed by atoms with E-state index < -0.39 is 0 Å². The van der Waals surface area contributed by atoms with Crippen LogP contribution < -0.4 is 15.4 Å². The van der Waals surface area contributed by atoms with Crippen LogP contribution in [0.2, 0.25) is 0 Å². The van der Waals surface area contributed by atoms with Gasteiger partial charge in [-0.15, -0.1) is 0 Å². The Kier molecular flexibility index (Phi) is 5.17. The van der Waals surface area contributed by atoms with Crippen LogP contribution in [0.3, 0.4) is 0 Å². The number of ether oxygens (including phenoxy) is 2. The second-order valence-corrected chi connectivity index (χ2v) is 7.25. The third-order valence-electron chi connectivity index (χ3n) is 4.29. The van der Waals surface area contributed by atoms with Gasteiger partial charge in [-0.1, -0.05) is 11.3 Å². The summed E-state index contributed by atoms with van der Waals surface area (Å²) in [6.07, 6.45) is 4.05. The monoisotopic (exact) mass is 384 g/mol. The molecular formula is C19H20N4O3S. The van der Waals surface area contributed by atoms with Gasteiger partial charge >= 0.3 is 0 Å². The second-order valence-electron chi connectivity index (χ2n) is 6.22. The van der Waals surface area contributed by atoms with E-state index in [-0.39, 0.29) is 12.0 Å². The third-order valence-corrected chi connectivity index (χ3v) is 5.27. The van der Waals surface area contributed by atoms with Gasteiger partial charge in [-0.2, -0.15) is 0 Å². The summed E-state index contributed by atoms with van der Waals surface area (Å²) in [5.41, 5.74) is 1.23. The maximum atomic E-state index is 11.7. The van der Waals surface area contributed by atoms with Crippen LogP contribution in [0, 0.1) is 0 Å². The molecule has 1 fully saturated rings. The summed E-state index contributed by atoms with van der Waals surface area (Å²) in [4.78, 5) is 20.3. The summed E-state index contributed by atoms with van der Waals surface area (Å²) in [5, 5.41) is 6.79. The number of anilines is 1. The Morgan fingerprint density at radius 3 is 3.04 bits per heavy atom. The molecule has 1 unspecified atom stereocenters. The van der Waals surface area contributed by atoms with Crippen molar-refractivity contribution < 1.29 is 14.3 Å². The molecule has 8 heteroatoms. The summed E-state index contributed by atoms with van der Waals surface area (Å²) >= 11 is 1.58. The van der Waals surface area contributed by atoms with Crippen molar-refractivity contribution in [3.8, 4) is 11.5 Å². The fraction of sp³-hybridized carbons (Fsp3) is 0.316. The fourth-order valence-corrected chi connectivity index (χ4v) is 3.81. The SMILES string of the molecule is CNC(=O)c1cc(Oc2ccc3nc(NCC4CCCO4)sc3c2)ccn1. The Balaban J connectivity index is 1.47. The summed E-state index contributed by atoms with van der Waals surface area (Å²) in [7, 11) is 1.57. The topological polar surface area (TPSA) is 85.4 Å². The predicted octanol–water partition coefficient (Wildman–Crippen LogP) is 3.43. The highest BCUT2D eigenvalue weighted by molar-refractivity contribution is 7.22. The minimum absolute atomic E-state index is 0.250. The Hall–Kier alpha value is -2.71. The van der Waals surface area contributed by atoms with E-state index in [1.165, 1.54) is 0 Å². The summed E-state index contributed by atoms with van der Waals surface area (Å²) in [5.74, 6) is 0.996. The number of aromatic nitrogens is 2. The van der Waals surface area contributed by atoms with Crippen molar-refractivity contribution in [2.24, 2.45) is 0 Å². The van der Waals surface area contributed by atoms with E-state index in [0.29, 0.717) is 17.2 Å². The van der Waals surface area contributed by atoms with Crippen LogP contribution in [0.5, 0.6) is 11.5 Å². The van der Waals surface area contributed by atoms with Gasteiger partial charge in [0.25, 0.3) is 5.91 Å². The third kappa shape index (κ3) is 4.17. The van der Waals surface area contributed by atoms with Gasteiger partial charge in [0.2, 0.25) is 0 Å². The molecule has 27 heavy (non-hydrogen) atoms. The van der Waals surface area contributed by atoms with Gasteiger partial charge in [0, 0.05) is 38.5 Å². The van der Waals surface area contributed by atoms with Crippen molar-refractivity contribution in [2.45, 2.75) is 18.9 Å². The van der Waals surface area contributed by atoms with Crippen molar-refractivity contribution in [1.82, 2.24) is 15.3 Å². The van der Waals surface area contributed by atoms with Crippen LogP contribution in [0.25, 0.3) is 10.2 Å². The zero-order valence-corrected chi connectivity index (χ0v) is 15.7. The molecule has 1 aliphatic rings. The Bertz CT molecular complexity index is 953. The number of nitrogens with zero attached hydrogens (tertiary/aromatic N) is 2. The van der Waals surface area contributed by atoms with Crippen LogP contribution in [0.15, 0.2) is 36.5 Å². The number of carbonyl (C=O) groups excluding carboxylic acids is 1. The number of carbonyl (C=O) groups is 1. The molecule has 0 aliphatic carbocycles. The number of hydrogen-bond acceptors (Lipinski definition) is 7. The summed E-state index contributed by atoms with van der Waals surface area (Å²) < 4.78 is 12.6. The molecule has 2 N–H and O–H groups in total. The minimum atomic E-state index is -0.250. The van der Waals surface area contributed by atoms with Gasteiger partial charge in [-0.05, 0) is 31.0 Å². The van der Waals surface area contributed by atoms with Crippen molar-refractivity contribution in [1.29, 1.82) is 0 Å². The largest absolute Gasteiger partial charge is 0.457 e. The first-order valence-electron chi connectivity index (χ1n) is 8.83. The number of benzene rings is 1. The second kappa shape index (κ2) is 7.89. The van der Waals surface area contributed by atoms with Crippen molar-refractivity contribution in [2.75, 3.05) is 25.5 Å². The maximum absolute atomic E-state index is 11.7. The van der Waals surface area contributed by atoms with E-state index in [1.807, 2.05) is 18.2 Å². The zero-order chi connectivity index (χ0) is 18.6. The number of thiazole rings is 1. The average Bonchev–Trinajstić information content (AvgIpc) is 3.35. The minimum Gasteiger partial charge on any atom is -0.457 e. The molecule has 0 spiro atoms. The number of nitrogens with one attached hydrogen (secondary N) is 2. The van der Waals surface area contributed by atoms with Crippen molar-refractivity contribution in [3.63, 3.8) is 0 Å². The van der Waals surface area contributed by atoms with Crippen molar-refractivity contribution >= 4 is 32.6 Å². The molecule has 0 saturated carbocycles. The van der Waals surface area contributed by atoms with Gasteiger partial charge in [0.05, 0.1) is 16.3 Å². The molecule has 3 heterocycles. The smallest absolute Gasteiger partial charge is 0.269 e. The Morgan fingerprint density at radius 2 is 2.22 bits per heavy atom. The highest BCUT2D eigenvalue weighted by Gasteiger charge is 2.16. The van der Waals surface area contributed by atoms with Crippen LogP contribution in [0.1, 0.15) is 23.3 Å². The molecule has 140 valence electrons. The lowest BCUT2D eigenvalue weighted by atomic mass is 10.2. The quantitative estimate of drug-likeness (QED) is 0.677. The van der Waals surface area contributed by atoms with E-state index in [1.54, 1.807) is 36.7 Å². The van der Waals surface area contributed by atoms with Gasteiger partial charge in [-0.25, -0.2) is 4.98 Å². The number of rotatable bonds is 6. The number of hydrogen-bond donors (Lipinski definition) is 2. The van der Waals surface area contributed by atoms with Crippen LogP contribution in [0.4, 0.5) is 5.13 Å². The molecule has 1 atom stereocenters.